The summed E-state index contributed by atoms with van der Waals surface area (Å²) in [5, 5.41) is 8.11. The highest BCUT2D eigenvalue weighted by atomic mass is 16.2. The molecule has 1 amide bonds. The van der Waals surface area contributed by atoms with Crippen molar-refractivity contribution in [3.63, 3.8) is 0 Å². The van der Waals surface area contributed by atoms with Crippen LogP contribution in [0.5, 0.6) is 0 Å². The second kappa shape index (κ2) is 7.07. The zero-order valence-electron chi connectivity index (χ0n) is 12.7. The zero-order chi connectivity index (χ0) is 15.2. The molecule has 0 N–H and O–H groups in total. The quantitative estimate of drug-likeness (QED) is 0.788. The molecule has 1 aliphatic rings. The van der Waals surface area contributed by atoms with E-state index in [1.54, 1.807) is 6.07 Å². The van der Waals surface area contributed by atoms with Gasteiger partial charge in [-0.25, -0.2) is 0 Å². The van der Waals surface area contributed by atoms with Crippen LogP contribution in [-0.2, 0) is 4.79 Å². The summed E-state index contributed by atoms with van der Waals surface area (Å²) in [4.78, 5) is 16.4. The summed E-state index contributed by atoms with van der Waals surface area (Å²) in [6.07, 6.45) is 7.27. The molecule has 1 unspecified atom stereocenters. The number of terminal acetylenes is 1. The van der Waals surface area contributed by atoms with E-state index < -0.39 is 0 Å². The van der Waals surface area contributed by atoms with Gasteiger partial charge in [0.1, 0.15) is 5.69 Å². The standard InChI is InChI=1S/C16H22N4O/c1-4-6-13(3)16(21)20-11-9-19(10-12-20)15-8-7-14(5-2)17-18-15/h2,7-8,13H,4,6,9-12H2,1,3H3. The topological polar surface area (TPSA) is 49.3 Å². The van der Waals surface area contributed by atoms with Gasteiger partial charge in [0.05, 0.1) is 0 Å². The molecule has 0 radical (unpaired) electrons. The molecule has 0 saturated carbocycles. The van der Waals surface area contributed by atoms with E-state index >= 15 is 0 Å². The second-order valence-corrected chi connectivity index (χ2v) is 5.42. The summed E-state index contributed by atoms with van der Waals surface area (Å²) in [6, 6.07) is 3.68. The van der Waals surface area contributed by atoms with Crippen LogP contribution in [0, 0.1) is 18.3 Å². The van der Waals surface area contributed by atoms with Crippen LogP contribution in [0.2, 0.25) is 0 Å². The molecule has 0 spiro atoms. The van der Waals surface area contributed by atoms with Crippen LogP contribution < -0.4 is 4.90 Å². The van der Waals surface area contributed by atoms with E-state index in [1.807, 2.05) is 17.9 Å². The maximum Gasteiger partial charge on any atom is 0.225 e. The van der Waals surface area contributed by atoms with Crippen molar-refractivity contribution in [2.24, 2.45) is 5.92 Å². The van der Waals surface area contributed by atoms with Gasteiger partial charge in [0.15, 0.2) is 5.82 Å². The molecular formula is C16H22N4O. The molecule has 1 aliphatic heterocycles. The van der Waals surface area contributed by atoms with Crippen LogP contribution >= 0.6 is 0 Å². The third-order valence-corrected chi connectivity index (χ3v) is 3.86. The van der Waals surface area contributed by atoms with Crippen LogP contribution in [-0.4, -0.2) is 47.2 Å². The van der Waals surface area contributed by atoms with Crippen molar-refractivity contribution in [2.45, 2.75) is 26.7 Å². The first kappa shape index (κ1) is 15.3. The SMILES string of the molecule is C#Cc1ccc(N2CCN(C(=O)C(C)CCC)CC2)nn1. The maximum atomic E-state index is 12.3. The summed E-state index contributed by atoms with van der Waals surface area (Å²) in [5.74, 6) is 3.67. The first-order chi connectivity index (χ1) is 10.2. The summed E-state index contributed by atoms with van der Waals surface area (Å²) in [6.45, 7) is 7.18. The molecule has 1 saturated heterocycles. The molecule has 5 nitrogen and oxygen atoms in total. The summed E-state index contributed by atoms with van der Waals surface area (Å²) >= 11 is 0. The third-order valence-electron chi connectivity index (χ3n) is 3.86. The van der Waals surface area contributed by atoms with Gasteiger partial charge in [0.25, 0.3) is 0 Å². The van der Waals surface area contributed by atoms with Crippen molar-refractivity contribution in [3.8, 4) is 12.3 Å². The minimum atomic E-state index is 0.122. The Morgan fingerprint density at radius 1 is 1.33 bits per heavy atom. The van der Waals surface area contributed by atoms with E-state index in [2.05, 4.69) is 27.9 Å². The maximum absolute atomic E-state index is 12.3. The number of carbonyl (C=O) groups excluding carboxylic acids is 1. The van der Waals surface area contributed by atoms with E-state index in [1.165, 1.54) is 0 Å². The average molecular weight is 286 g/mol. The van der Waals surface area contributed by atoms with Crippen molar-refractivity contribution in [3.05, 3.63) is 17.8 Å². The Kier molecular flexibility index (Phi) is 5.15. The smallest absolute Gasteiger partial charge is 0.225 e. The fourth-order valence-corrected chi connectivity index (χ4v) is 2.59. The molecule has 1 atom stereocenters. The minimum absolute atomic E-state index is 0.122. The van der Waals surface area contributed by atoms with Crippen molar-refractivity contribution in [1.82, 2.24) is 15.1 Å². The Labute approximate surface area is 126 Å². The molecule has 2 rings (SSSR count). The number of nitrogens with zero attached hydrogens (tertiary/aromatic N) is 4. The van der Waals surface area contributed by atoms with Gasteiger partial charge in [-0.1, -0.05) is 20.3 Å². The normalized spacial score (nSPS) is 16.4. The monoisotopic (exact) mass is 286 g/mol. The predicted molar refractivity (Wildman–Crippen MR) is 82.8 cm³/mol. The highest BCUT2D eigenvalue weighted by Gasteiger charge is 2.24. The van der Waals surface area contributed by atoms with E-state index in [4.69, 9.17) is 6.42 Å². The van der Waals surface area contributed by atoms with Gasteiger partial charge in [0.2, 0.25) is 5.91 Å². The van der Waals surface area contributed by atoms with Crippen LogP contribution in [0.1, 0.15) is 32.4 Å². The first-order valence-electron chi connectivity index (χ1n) is 7.49. The van der Waals surface area contributed by atoms with Gasteiger partial charge >= 0.3 is 0 Å². The number of carbonyl (C=O) groups is 1. The summed E-state index contributed by atoms with van der Waals surface area (Å²) in [7, 11) is 0. The number of hydrogen-bond acceptors (Lipinski definition) is 4. The predicted octanol–water partition coefficient (Wildman–Crippen LogP) is 1.54. The lowest BCUT2D eigenvalue weighted by Gasteiger charge is -2.36. The third kappa shape index (κ3) is 3.72. The summed E-state index contributed by atoms with van der Waals surface area (Å²) < 4.78 is 0. The van der Waals surface area contributed by atoms with Crippen molar-refractivity contribution in [1.29, 1.82) is 0 Å². The fourth-order valence-electron chi connectivity index (χ4n) is 2.59. The molecule has 2 heterocycles. The zero-order valence-corrected chi connectivity index (χ0v) is 12.7. The lowest BCUT2D eigenvalue weighted by molar-refractivity contribution is -0.135. The van der Waals surface area contributed by atoms with E-state index in [0.29, 0.717) is 5.69 Å². The highest BCUT2D eigenvalue weighted by Crippen LogP contribution is 2.15. The molecule has 1 aromatic heterocycles. The van der Waals surface area contributed by atoms with Gasteiger partial charge in [-0.05, 0) is 24.5 Å². The fraction of sp³-hybridized carbons (Fsp3) is 0.562. The van der Waals surface area contributed by atoms with Crippen molar-refractivity contribution in [2.75, 3.05) is 31.1 Å². The molecule has 112 valence electrons. The van der Waals surface area contributed by atoms with Crippen LogP contribution in [0.3, 0.4) is 0 Å². The van der Waals surface area contributed by atoms with Crippen molar-refractivity contribution < 1.29 is 4.79 Å². The van der Waals surface area contributed by atoms with Crippen LogP contribution in [0.25, 0.3) is 0 Å². The Bertz CT molecular complexity index is 512. The Hall–Kier alpha value is -2.09. The minimum Gasteiger partial charge on any atom is -0.352 e. The lowest BCUT2D eigenvalue weighted by atomic mass is 10.0. The van der Waals surface area contributed by atoms with Crippen molar-refractivity contribution >= 4 is 11.7 Å². The first-order valence-corrected chi connectivity index (χ1v) is 7.49. The second-order valence-electron chi connectivity index (χ2n) is 5.42. The van der Waals surface area contributed by atoms with Gasteiger partial charge in [-0.2, -0.15) is 0 Å². The Morgan fingerprint density at radius 3 is 2.57 bits per heavy atom. The van der Waals surface area contributed by atoms with Gasteiger partial charge in [0, 0.05) is 32.1 Å². The molecule has 1 aromatic rings. The molecular weight excluding hydrogens is 264 g/mol. The molecule has 0 aliphatic carbocycles. The molecule has 21 heavy (non-hydrogen) atoms. The van der Waals surface area contributed by atoms with Crippen LogP contribution in [0.15, 0.2) is 12.1 Å². The number of amides is 1. The van der Waals surface area contributed by atoms with Crippen LogP contribution in [0.4, 0.5) is 5.82 Å². The lowest BCUT2D eigenvalue weighted by Crippen LogP contribution is -2.50. The van der Waals surface area contributed by atoms with E-state index in [-0.39, 0.29) is 11.8 Å². The van der Waals surface area contributed by atoms with Gasteiger partial charge in [-0.3, -0.25) is 4.79 Å². The van der Waals surface area contributed by atoms with E-state index in [9.17, 15) is 4.79 Å². The summed E-state index contributed by atoms with van der Waals surface area (Å²) in [5.41, 5.74) is 0.543. The largest absolute Gasteiger partial charge is 0.352 e. The average Bonchev–Trinajstić information content (AvgIpc) is 2.54. The molecule has 0 bridgehead atoms. The number of aromatic nitrogens is 2. The molecule has 5 heteroatoms. The Balaban J connectivity index is 1.90. The highest BCUT2D eigenvalue weighted by molar-refractivity contribution is 5.78. The number of anilines is 1. The molecule has 0 aromatic carbocycles. The number of hydrogen-bond donors (Lipinski definition) is 0. The van der Waals surface area contributed by atoms with E-state index in [0.717, 1.165) is 44.8 Å². The van der Waals surface area contributed by atoms with Gasteiger partial charge in [-0.15, -0.1) is 16.6 Å². The number of rotatable bonds is 4. The van der Waals surface area contributed by atoms with Gasteiger partial charge < -0.3 is 9.80 Å². The Morgan fingerprint density at radius 2 is 2.05 bits per heavy atom. The number of piperazine rings is 1. The molecule has 1 fully saturated rings.